The number of nitrogens with zero attached hydrogens (tertiary/aromatic N) is 1. The Kier molecular flexibility index (Phi) is 7.69. The monoisotopic (exact) mass is 333 g/mol. The fraction of sp³-hybridized carbons (Fsp3) is 0.632. The molecule has 1 aliphatic heterocycles. The fourth-order valence-corrected chi connectivity index (χ4v) is 2.98. The van der Waals surface area contributed by atoms with Crippen molar-refractivity contribution >= 4 is 5.91 Å². The zero-order valence-electron chi connectivity index (χ0n) is 15.1. The number of hydrogen-bond acceptors (Lipinski definition) is 4. The lowest BCUT2D eigenvalue weighted by Crippen LogP contribution is -2.50. The molecule has 1 saturated heterocycles. The van der Waals surface area contributed by atoms with Gasteiger partial charge < -0.3 is 20.3 Å². The van der Waals surface area contributed by atoms with Crippen molar-refractivity contribution in [3.63, 3.8) is 0 Å². The number of likely N-dealkylation sites (N-methyl/N-ethyl adjacent to an activating group) is 1. The summed E-state index contributed by atoms with van der Waals surface area (Å²) >= 11 is 0. The first kappa shape index (κ1) is 18.9. The molecule has 1 aromatic carbocycles. The van der Waals surface area contributed by atoms with Crippen LogP contribution in [0.25, 0.3) is 0 Å². The van der Waals surface area contributed by atoms with Crippen molar-refractivity contribution in [1.29, 1.82) is 0 Å². The Morgan fingerprint density at radius 1 is 1.38 bits per heavy atom. The normalized spacial score (nSPS) is 21.2. The number of amides is 1. The highest BCUT2D eigenvalue weighted by Crippen LogP contribution is 2.18. The van der Waals surface area contributed by atoms with Crippen LogP contribution in [0.1, 0.15) is 38.3 Å². The molecule has 1 amide bonds. The molecule has 0 aromatic heterocycles. The number of carbonyl (C=O) groups excluding carboxylic acids is 1. The molecule has 5 heteroatoms. The SMILES string of the molecule is CCCC(NC(=O)C(C)NCC1CN(C)CCO1)c1ccccc1. The van der Waals surface area contributed by atoms with Crippen LogP contribution in [0.3, 0.4) is 0 Å². The number of morpholine rings is 1. The Bertz CT molecular complexity index is 495. The summed E-state index contributed by atoms with van der Waals surface area (Å²) in [4.78, 5) is 14.8. The summed E-state index contributed by atoms with van der Waals surface area (Å²) in [6.07, 6.45) is 2.13. The van der Waals surface area contributed by atoms with Gasteiger partial charge in [0.2, 0.25) is 5.91 Å². The van der Waals surface area contributed by atoms with Crippen molar-refractivity contribution in [2.75, 3.05) is 33.3 Å². The zero-order valence-corrected chi connectivity index (χ0v) is 15.1. The summed E-state index contributed by atoms with van der Waals surface area (Å²) in [7, 11) is 2.10. The summed E-state index contributed by atoms with van der Waals surface area (Å²) < 4.78 is 5.73. The summed E-state index contributed by atoms with van der Waals surface area (Å²) in [5.41, 5.74) is 1.16. The lowest BCUT2D eigenvalue weighted by atomic mass is 10.0. The van der Waals surface area contributed by atoms with Gasteiger partial charge in [0.05, 0.1) is 24.8 Å². The van der Waals surface area contributed by atoms with Crippen molar-refractivity contribution in [1.82, 2.24) is 15.5 Å². The van der Waals surface area contributed by atoms with Crippen LogP contribution < -0.4 is 10.6 Å². The highest BCUT2D eigenvalue weighted by Gasteiger charge is 2.21. The highest BCUT2D eigenvalue weighted by molar-refractivity contribution is 5.81. The molecule has 1 aromatic rings. The van der Waals surface area contributed by atoms with Crippen molar-refractivity contribution in [3.8, 4) is 0 Å². The van der Waals surface area contributed by atoms with Gasteiger partial charge in [-0.1, -0.05) is 43.7 Å². The van der Waals surface area contributed by atoms with Crippen molar-refractivity contribution in [3.05, 3.63) is 35.9 Å². The molecule has 0 spiro atoms. The average molecular weight is 333 g/mol. The van der Waals surface area contributed by atoms with E-state index in [4.69, 9.17) is 4.74 Å². The quantitative estimate of drug-likeness (QED) is 0.763. The van der Waals surface area contributed by atoms with Gasteiger partial charge in [-0.2, -0.15) is 0 Å². The predicted molar refractivity (Wildman–Crippen MR) is 96.9 cm³/mol. The van der Waals surface area contributed by atoms with Crippen LogP contribution in [-0.4, -0.2) is 56.2 Å². The van der Waals surface area contributed by atoms with E-state index in [2.05, 4.69) is 41.6 Å². The molecule has 134 valence electrons. The molecule has 0 saturated carbocycles. The van der Waals surface area contributed by atoms with Crippen LogP contribution in [0.15, 0.2) is 30.3 Å². The molecule has 5 nitrogen and oxygen atoms in total. The van der Waals surface area contributed by atoms with Gasteiger partial charge >= 0.3 is 0 Å². The molecular weight excluding hydrogens is 302 g/mol. The number of carbonyl (C=O) groups is 1. The summed E-state index contributed by atoms with van der Waals surface area (Å²) in [6, 6.07) is 10.0. The predicted octanol–water partition coefficient (Wildman–Crippen LogP) is 1.95. The standard InChI is InChI=1S/C19H31N3O2/c1-4-8-18(16-9-6-5-7-10-16)21-19(23)15(2)20-13-17-14-22(3)11-12-24-17/h5-7,9-10,15,17-18,20H,4,8,11-14H2,1-3H3,(H,21,23). The third-order valence-corrected chi connectivity index (χ3v) is 4.48. The average Bonchev–Trinajstić information content (AvgIpc) is 2.60. The largest absolute Gasteiger partial charge is 0.374 e. The fourth-order valence-electron chi connectivity index (χ4n) is 2.98. The number of rotatable bonds is 8. The molecule has 1 fully saturated rings. The van der Waals surface area contributed by atoms with Gasteiger partial charge in [0.15, 0.2) is 0 Å². The number of hydrogen-bond donors (Lipinski definition) is 2. The molecule has 2 N–H and O–H groups in total. The van der Waals surface area contributed by atoms with Gasteiger partial charge in [-0.05, 0) is 26.0 Å². The van der Waals surface area contributed by atoms with Gasteiger partial charge in [0.1, 0.15) is 0 Å². The van der Waals surface area contributed by atoms with E-state index in [-0.39, 0.29) is 24.1 Å². The van der Waals surface area contributed by atoms with Gasteiger partial charge in [-0.25, -0.2) is 0 Å². The minimum Gasteiger partial charge on any atom is -0.374 e. The molecule has 0 aliphatic carbocycles. The molecule has 2 rings (SSSR count). The third kappa shape index (κ3) is 5.89. The van der Waals surface area contributed by atoms with E-state index in [0.717, 1.165) is 38.1 Å². The van der Waals surface area contributed by atoms with Crippen LogP contribution in [0.5, 0.6) is 0 Å². The molecule has 24 heavy (non-hydrogen) atoms. The van der Waals surface area contributed by atoms with E-state index < -0.39 is 0 Å². The first-order valence-corrected chi connectivity index (χ1v) is 8.99. The van der Waals surface area contributed by atoms with E-state index in [1.165, 1.54) is 0 Å². The number of ether oxygens (including phenoxy) is 1. The van der Waals surface area contributed by atoms with Crippen molar-refractivity contribution < 1.29 is 9.53 Å². The Hall–Kier alpha value is -1.43. The van der Waals surface area contributed by atoms with Gasteiger partial charge in [0, 0.05) is 19.6 Å². The number of benzene rings is 1. The molecule has 1 aliphatic rings. The molecule has 3 atom stereocenters. The van der Waals surface area contributed by atoms with Crippen molar-refractivity contribution in [2.24, 2.45) is 0 Å². The maximum atomic E-state index is 12.5. The van der Waals surface area contributed by atoms with Gasteiger partial charge in [-0.3, -0.25) is 4.79 Å². The minimum absolute atomic E-state index is 0.0430. The second-order valence-corrected chi connectivity index (χ2v) is 6.65. The van der Waals surface area contributed by atoms with Crippen LogP contribution >= 0.6 is 0 Å². The zero-order chi connectivity index (χ0) is 17.4. The second kappa shape index (κ2) is 9.77. The van der Waals surface area contributed by atoms with Gasteiger partial charge in [0.25, 0.3) is 0 Å². The molecule has 3 unspecified atom stereocenters. The molecule has 1 heterocycles. The summed E-state index contributed by atoms with van der Waals surface area (Å²) in [5.74, 6) is 0.0430. The van der Waals surface area contributed by atoms with Crippen LogP contribution in [0.2, 0.25) is 0 Å². The Morgan fingerprint density at radius 3 is 2.79 bits per heavy atom. The maximum Gasteiger partial charge on any atom is 0.237 e. The first-order chi connectivity index (χ1) is 11.6. The van der Waals surface area contributed by atoms with E-state index >= 15 is 0 Å². The molecular formula is C19H31N3O2. The summed E-state index contributed by atoms with van der Waals surface area (Å²) in [5, 5.41) is 6.49. The molecule has 0 bridgehead atoms. The highest BCUT2D eigenvalue weighted by atomic mass is 16.5. The van der Waals surface area contributed by atoms with E-state index in [9.17, 15) is 4.79 Å². The Balaban J connectivity index is 1.82. The van der Waals surface area contributed by atoms with Crippen LogP contribution in [-0.2, 0) is 9.53 Å². The van der Waals surface area contributed by atoms with Crippen LogP contribution in [0.4, 0.5) is 0 Å². The van der Waals surface area contributed by atoms with Crippen LogP contribution in [0, 0.1) is 0 Å². The van der Waals surface area contributed by atoms with E-state index in [1.54, 1.807) is 0 Å². The topological polar surface area (TPSA) is 53.6 Å². The molecule has 0 radical (unpaired) electrons. The third-order valence-electron chi connectivity index (χ3n) is 4.48. The van der Waals surface area contributed by atoms with E-state index in [0.29, 0.717) is 6.54 Å². The first-order valence-electron chi connectivity index (χ1n) is 8.99. The van der Waals surface area contributed by atoms with E-state index in [1.807, 2.05) is 25.1 Å². The lowest BCUT2D eigenvalue weighted by Gasteiger charge is -2.31. The lowest BCUT2D eigenvalue weighted by molar-refractivity contribution is -0.123. The second-order valence-electron chi connectivity index (χ2n) is 6.65. The minimum atomic E-state index is -0.232. The van der Waals surface area contributed by atoms with Crippen molar-refractivity contribution in [2.45, 2.75) is 44.9 Å². The maximum absolute atomic E-state index is 12.5. The Labute approximate surface area is 145 Å². The number of nitrogens with one attached hydrogen (secondary N) is 2. The smallest absolute Gasteiger partial charge is 0.237 e. The van der Waals surface area contributed by atoms with Gasteiger partial charge in [-0.15, -0.1) is 0 Å². The Morgan fingerprint density at radius 2 is 2.12 bits per heavy atom. The summed E-state index contributed by atoms with van der Waals surface area (Å²) in [6.45, 7) is 7.39.